The van der Waals surface area contributed by atoms with Crippen LogP contribution in [-0.4, -0.2) is 68.6 Å². The summed E-state index contributed by atoms with van der Waals surface area (Å²) in [5.74, 6) is 0.247. The molecule has 9 nitrogen and oxygen atoms in total. The van der Waals surface area contributed by atoms with Crippen LogP contribution in [0.1, 0.15) is 63.6 Å². The Morgan fingerprint density at radius 3 is 2.62 bits per heavy atom. The second kappa shape index (κ2) is 13.3. The van der Waals surface area contributed by atoms with Crippen molar-refractivity contribution in [1.29, 1.82) is 0 Å². The Bertz CT molecular complexity index is 1220. The summed E-state index contributed by atoms with van der Waals surface area (Å²) in [5.41, 5.74) is 0.937. The molecule has 212 valence electrons. The van der Waals surface area contributed by atoms with Crippen molar-refractivity contribution in [1.82, 2.24) is 19.5 Å². The van der Waals surface area contributed by atoms with E-state index in [1.807, 2.05) is 0 Å². The van der Waals surface area contributed by atoms with Crippen LogP contribution < -0.4 is 5.32 Å². The van der Waals surface area contributed by atoms with Crippen molar-refractivity contribution in [2.24, 2.45) is 0 Å². The molecule has 1 saturated carbocycles. The summed E-state index contributed by atoms with van der Waals surface area (Å²) in [6.45, 7) is 2.07. The average molecular weight is 564 g/mol. The van der Waals surface area contributed by atoms with Gasteiger partial charge in [-0.25, -0.2) is 13.8 Å². The lowest BCUT2D eigenvalue weighted by Gasteiger charge is -2.29. The minimum atomic E-state index is -2.80. The highest BCUT2D eigenvalue weighted by atomic mass is 32.2. The molecular weight excluding hydrogens is 528 g/mol. The standard InChI is InChI=1S/C27H35F2N5O4S/c1-39(35)27-32-22(17-23(33-27)34-21-8-3-2-7-20(21)31-26(34)25(28)29)30-18-10-12-19(13-11-18)36-15-6-16-38-24-9-4-5-14-37-24/h2-3,7-8,17-19,24-25H,4-6,9-16H2,1H3,(H,30,32,33)/t18-,19-,24?,39?. The van der Waals surface area contributed by atoms with Gasteiger partial charge in [-0.1, -0.05) is 12.1 Å². The van der Waals surface area contributed by atoms with Crippen molar-refractivity contribution in [3.63, 3.8) is 0 Å². The fourth-order valence-electron chi connectivity index (χ4n) is 5.11. The van der Waals surface area contributed by atoms with Crippen LogP contribution in [0.3, 0.4) is 0 Å². The van der Waals surface area contributed by atoms with Gasteiger partial charge in [0, 0.05) is 36.5 Å². The number of fused-ring (bicyclic) bond motifs is 1. The molecule has 1 aliphatic carbocycles. The number of alkyl halides is 2. The second-order valence-corrected chi connectivity index (χ2v) is 11.2. The zero-order chi connectivity index (χ0) is 27.2. The highest BCUT2D eigenvalue weighted by Crippen LogP contribution is 2.29. The van der Waals surface area contributed by atoms with Gasteiger partial charge in [0.05, 0.1) is 23.7 Å². The monoisotopic (exact) mass is 563 g/mol. The molecule has 5 rings (SSSR count). The van der Waals surface area contributed by atoms with Gasteiger partial charge in [-0.05, 0) is 63.5 Å². The van der Waals surface area contributed by atoms with Gasteiger partial charge in [0.15, 0.2) is 12.1 Å². The lowest BCUT2D eigenvalue weighted by molar-refractivity contribution is -0.164. The summed E-state index contributed by atoms with van der Waals surface area (Å²) in [6, 6.07) is 8.64. The van der Waals surface area contributed by atoms with Gasteiger partial charge < -0.3 is 24.1 Å². The molecule has 2 aromatic heterocycles. The van der Waals surface area contributed by atoms with Gasteiger partial charge in [-0.3, -0.25) is 4.57 Å². The maximum atomic E-state index is 13.9. The molecule has 2 unspecified atom stereocenters. The number of hydrogen-bond acceptors (Lipinski definition) is 8. The molecule has 1 saturated heterocycles. The van der Waals surface area contributed by atoms with Crippen molar-refractivity contribution in [2.45, 2.75) is 81.4 Å². The lowest BCUT2D eigenvalue weighted by atomic mass is 9.93. The molecule has 2 fully saturated rings. The van der Waals surface area contributed by atoms with Crippen LogP contribution in [0.4, 0.5) is 14.6 Å². The smallest absolute Gasteiger partial charge is 0.346 e. The number of anilines is 1. The number of hydrogen-bond donors (Lipinski definition) is 1. The summed E-state index contributed by atoms with van der Waals surface area (Å²) in [7, 11) is 0. The number of ether oxygens (including phenoxy) is 3. The Hall–Kier alpha value is -2.38. The van der Waals surface area contributed by atoms with E-state index in [0.717, 1.165) is 58.0 Å². The predicted molar refractivity (Wildman–Crippen MR) is 144 cm³/mol. The van der Waals surface area contributed by atoms with Crippen LogP contribution in [0.25, 0.3) is 16.9 Å². The Morgan fingerprint density at radius 1 is 1.08 bits per heavy atom. The van der Waals surface area contributed by atoms with Crippen LogP contribution in [0, 0.1) is 0 Å². The van der Waals surface area contributed by atoms with E-state index in [-0.39, 0.29) is 29.4 Å². The molecule has 39 heavy (non-hydrogen) atoms. The van der Waals surface area contributed by atoms with Crippen LogP contribution in [0.2, 0.25) is 0 Å². The fraction of sp³-hybridized carbons (Fsp3) is 0.593. The average Bonchev–Trinajstić information content (AvgIpc) is 3.34. The molecule has 12 heteroatoms. The van der Waals surface area contributed by atoms with Crippen LogP contribution in [0.15, 0.2) is 35.5 Å². The van der Waals surface area contributed by atoms with E-state index in [1.165, 1.54) is 10.8 Å². The first kappa shape index (κ1) is 28.2. The van der Waals surface area contributed by atoms with Gasteiger partial charge in [0.25, 0.3) is 6.43 Å². The fourth-order valence-corrected chi connectivity index (χ4v) is 5.56. The Morgan fingerprint density at radius 2 is 1.87 bits per heavy atom. The number of aromatic nitrogens is 4. The maximum absolute atomic E-state index is 13.9. The van der Waals surface area contributed by atoms with Crippen LogP contribution in [-0.2, 0) is 25.4 Å². The zero-order valence-electron chi connectivity index (χ0n) is 22.1. The minimum absolute atomic E-state index is 0.0670. The first-order valence-electron chi connectivity index (χ1n) is 13.6. The molecule has 2 atom stereocenters. The third-order valence-corrected chi connectivity index (χ3v) is 7.77. The molecule has 1 aromatic carbocycles. The number of rotatable bonds is 11. The SMILES string of the molecule is C[S+]([O-])c1nc(N[C@H]2CC[C@H](OCCCOC3CCCCO3)CC2)cc(-n2c(C(F)F)nc3ccccc32)n1. The molecule has 0 amide bonds. The second-order valence-electron chi connectivity index (χ2n) is 9.95. The molecule has 1 aliphatic heterocycles. The first-order chi connectivity index (χ1) is 19.0. The summed E-state index contributed by atoms with van der Waals surface area (Å²) in [4.78, 5) is 12.9. The van der Waals surface area contributed by atoms with Crippen molar-refractivity contribution < 1.29 is 27.5 Å². The molecule has 0 bridgehead atoms. The van der Waals surface area contributed by atoms with Crippen molar-refractivity contribution >= 4 is 28.0 Å². The topological polar surface area (TPSA) is 106 Å². The number of para-hydroxylation sites is 2. The normalized spacial score (nSPS) is 22.8. The van der Waals surface area contributed by atoms with E-state index in [2.05, 4.69) is 20.3 Å². The Kier molecular flexibility index (Phi) is 9.62. The molecular formula is C27H35F2N5O4S. The van der Waals surface area contributed by atoms with E-state index in [0.29, 0.717) is 30.1 Å². The molecule has 0 spiro atoms. The van der Waals surface area contributed by atoms with Gasteiger partial charge in [0.1, 0.15) is 17.9 Å². The number of imidazole rings is 1. The summed E-state index contributed by atoms with van der Waals surface area (Å²) in [5, 5.41) is 3.49. The zero-order valence-corrected chi connectivity index (χ0v) is 22.9. The largest absolute Gasteiger partial charge is 0.609 e. The third kappa shape index (κ3) is 7.23. The predicted octanol–water partition coefficient (Wildman–Crippen LogP) is 5.16. The van der Waals surface area contributed by atoms with E-state index in [9.17, 15) is 13.3 Å². The molecule has 3 aromatic rings. The molecule has 0 radical (unpaired) electrons. The number of nitrogens with zero attached hydrogens (tertiary/aromatic N) is 4. The lowest BCUT2D eigenvalue weighted by Crippen LogP contribution is -2.30. The van der Waals surface area contributed by atoms with Gasteiger partial charge in [0.2, 0.25) is 0 Å². The number of halogens is 2. The highest BCUT2D eigenvalue weighted by molar-refractivity contribution is 7.90. The molecule has 1 N–H and O–H groups in total. The van der Waals surface area contributed by atoms with E-state index >= 15 is 0 Å². The van der Waals surface area contributed by atoms with Gasteiger partial charge in [-0.2, -0.15) is 9.97 Å². The Balaban J connectivity index is 1.19. The van der Waals surface area contributed by atoms with Gasteiger partial charge in [-0.15, -0.1) is 0 Å². The highest BCUT2D eigenvalue weighted by Gasteiger charge is 2.26. The minimum Gasteiger partial charge on any atom is -0.609 e. The van der Waals surface area contributed by atoms with Crippen LogP contribution >= 0.6 is 0 Å². The van der Waals surface area contributed by atoms with Crippen molar-refractivity contribution in [3.05, 3.63) is 36.2 Å². The van der Waals surface area contributed by atoms with E-state index in [4.69, 9.17) is 14.2 Å². The molecule has 2 aliphatic rings. The summed E-state index contributed by atoms with van der Waals surface area (Å²) >= 11 is -1.50. The van der Waals surface area contributed by atoms with E-state index < -0.39 is 23.4 Å². The quantitative estimate of drug-likeness (QED) is 0.194. The van der Waals surface area contributed by atoms with E-state index in [1.54, 1.807) is 30.3 Å². The van der Waals surface area contributed by atoms with Gasteiger partial charge >= 0.3 is 5.16 Å². The van der Waals surface area contributed by atoms with Crippen molar-refractivity contribution in [2.75, 3.05) is 31.4 Å². The maximum Gasteiger partial charge on any atom is 0.346 e. The number of benzene rings is 1. The first-order valence-corrected chi connectivity index (χ1v) is 15.1. The number of nitrogens with one attached hydrogen (secondary N) is 1. The van der Waals surface area contributed by atoms with Crippen LogP contribution in [0.5, 0.6) is 0 Å². The van der Waals surface area contributed by atoms with Crippen molar-refractivity contribution in [3.8, 4) is 5.82 Å². The summed E-state index contributed by atoms with van der Waals surface area (Å²) in [6.07, 6.45) is 6.41. The Labute approximate surface area is 229 Å². The summed E-state index contributed by atoms with van der Waals surface area (Å²) < 4.78 is 58.9. The molecule has 3 heterocycles. The third-order valence-electron chi connectivity index (χ3n) is 7.07.